The van der Waals surface area contributed by atoms with Gasteiger partial charge in [0.2, 0.25) is 5.91 Å². The average molecular weight is 531 g/mol. The Labute approximate surface area is 224 Å². The lowest BCUT2D eigenvalue weighted by Crippen LogP contribution is -2.40. The molecular formula is C29H30N4O4S. The molecule has 2 aromatic carbocycles. The summed E-state index contributed by atoms with van der Waals surface area (Å²) in [5, 5.41) is 4.81. The van der Waals surface area contributed by atoms with Crippen LogP contribution in [0.2, 0.25) is 0 Å². The summed E-state index contributed by atoms with van der Waals surface area (Å²) in [6.45, 7) is 6.60. The van der Waals surface area contributed by atoms with Crippen LogP contribution in [0, 0.1) is 0 Å². The first-order chi connectivity index (χ1) is 18.4. The molecule has 2 aromatic heterocycles. The third-order valence-corrected chi connectivity index (χ3v) is 7.03. The number of benzene rings is 2. The number of hydrogen-bond donors (Lipinski definition) is 0. The van der Waals surface area contributed by atoms with Gasteiger partial charge in [0.1, 0.15) is 11.2 Å². The number of ether oxygens (including phenoxy) is 1. The smallest absolute Gasteiger partial charge is 0.333 e. The van der Waals surface area contributed by atoms with Crippen LogP contribution < -0.4 is 14.8 Å². The van der Waals surface area contributed by atoms with Crippen molar-refractivity contribution in [1.82, 2.24) is 19.2 Å². The van der Waals surface area contributed by atoms with Gasteiger partial charge in [0.05, 0.1) is 28.6 Å². The minimum atomic E-state index is -0.564. The summed E-state index contributed by atoms with van der Waals surface area (Å²) in [7, 11) is 0. The van der Waals surface area contributed by atoms with Crippen LogP contribution in [0.5, 0.6) is 0 Å². The molecule has 9 heteroatoms. The third kappa shape index (κ3) is 6.00. The van der Waals surface area contributed by atoms with E-state index in [1.807, 2.05) is 80.7 Å². The summed E-state index contributed by atoms with van der Waals surface area (Å²) in [6, 6.07) is 19.4. The molecule has 196 valence electrons. The van der Waals surface area contributed by atoms with Crippen molar-refractivity contribution >= 4 is 35.4 Å². The van der Waals surface area contributed by atoms with E-state index in [0.717, 1.165) is 28.2 Å². The Kier molecular flexibility index (Phi) is 8.70. The van der Waals surface area contributed by atoms with E-state index in [1.54, 1.807) is 22.6 Å². The number of aromatic nitrogens is 3. The van der Waals surface area contributed by atoms with Crippen molar-refractivity contribution in [3.8, 4) is 16.9 Å². The lowest BCUT2D eigenvalue weighted by molar-refractivity contribution is -0.135. The third-order valence-electron chi connectivity index (χ3n) is 5.97. The molecule has 0 N–H and O–H groups in total. The Bertz CT molecular complexity index is 1580. The first kappa shape index (κ1) is 26.8. The number of hydrogen-bond acceptors (Lipinski definition) is 6. The summed E-state index contributed by atoms with van der Waals surface area (Å²) < 4.78 is 8.93. The Morgan fingerprint density at radius 2 is 1.66 bits per heavy atom. The van der Waals surface area contributed by atoms with E-state index in [9.17, 15) is 14.4 Å². The maximum Gasteiger partial charge on any atom is 0.333 e. The van der Waals surface area contributed by atoms with E-state index in [0.29, 0.717) is 28.0 Å². The molecule has 4 aromatic rings. The molecule has 8 nitrogen and oxygen atoms in total. The highest BCUT2D eigenvalue weighted by Gasteiger charge is 2.16. The van der Waals surface area contributed by atoms with Gasteiger partial charge in [-0.25, -0.2) is 9.48 Å². The van der Waals surface area contributed by atoms with E-state index < -0.39 is 5.97 Å². The zero-order valence-corrected chi connectivity index (χ0v) is 22.5. The van der Waals surface area contributed by atoms with E-state index in [1.165, 1.54) is 10.6 Å². The zero-order chi connectivity index (χ0) is 27.1. The lowest BCUT2D eigenvalue weighted by Gasteiger charge is -2.18. The van der Waals surface area contributed by atoms with E-state index >= 15 is 0 Å². The van der Waals surface area contributed by atoms with Crippen LogP contribution >= 0.6 is 11.3 Å². The monoisotopic (exact) mass is 530 g/mol. The summed E-state index contributed by atoms with van der Waals surface area (Å²) in [4.78, 5) is 40.4. The minimum absolute atomic E-state index is 0.162. The molecule has 2 heterocycles. The summed E-state index contributed by atoms with van der Waals surface area (Å²) in [5.41, 5.74) is 2.89. The number of carbonyl (C=O) groups is 2. The second kappa shape index (κ2) is 12.3. The van der Waals surface area contributed by atoms with Crippen molar-refractivity contribution in [3.05, 3.63) is 92.0 Å². The fourth-order valence-electron chi connectivity index (χ4n) is 4.06. The molecule has 0 saturated heterocycles. The van der Waals surface area contributed by atoms with Crippen molar-refractivity contribution in [2.75, 3.05) is 19.7 Å². The van der Waals surface area contributed by atoms with Crippen LogP contribution in [0.25, 0.3) is 29.1 Å². The zero-order valence-electron chi connectivity index (χ0n) is 21.7. The first-order valence-electron chi connectivity index (χ1n) is 12.5. The average Bonchev–Trinajstić information content (AvgIpc) is 3.47. The Morgan fingerprint density at radius 3 is 2.29 bits per heavy atom. The molecule has 0 saturated carbocycles. The topological polar surface area (TPSA) is 86.4 Å². The Morgan fingerprint density at radius 1 is 1.00 bits per heavy atom. The molecule has 0 radical (unpaired) electrons. The van der Waals surface area contributed by atoms with Gasteiger partial charge in [-0.05, 0) is 39.0 Å². The van der Waals surface area contributed by atoms with Crippen LogP contribution in [0.4, 0.5) is 0 Å². The molecule has 4 rings (SSSR count). The quantitative estimate of drug-likeness (QED) is 0.311. The highest BCUT2D eigenvalue weighted by molar-refractivity contribution is 7.07. The summed E-state index contributed by atoms with van der Waals surface area (Å²) in [5.74, 6) is -0.756. The molecule has 0 fully saturated rings. The van der Waals surface area contributed by atoms with Gasteiger partial charge in [0.25, 0.3) is 5.56 Å². The largest absolute Gasteiger partial charge is 0.463 e. The number of nitrogens with zero attached hydrogens (tertiary/aromatic N) is 4. The molecule has 0 aliphatic rings. The van der Waals surface area contributed by atoms with E-state index in [4.69, 9.17) is 9.84 Å². The normalized spacial score (nSPS) is 12.1. The molecule has 0 aliphatic heterocycles. The fourth-order valence-corrected chi connectivity index (χ4v) is 5.08. The molecule has 38 heavy (non-hydrogen) atoms. The van der Waals surface area contributed by atoms with E-state index in [-0.39, 0.29) is 24.6 Å². The predicted octanol–water partition coefficient (Wildman–Crippen LogP) is 2.80. The number of thiazole rings is 1. The van der Waals surface area contributed by atoms with Crippen LogP contribution in [-0.2, 0) is 20.9 Å². The Hall–Kier alpha value is -4.24. The number of carbonyl (C=O) groups excluding carboxylic acids is 2. The molecular weight excluding hydrogens is 500 g/mol. The van der Waals surface area contributed by atoms with Gasteiger partial charge in [-0.3, -0.25) is 14.2 Å². The number of rotatable bonds is 9. The van der Waals surface area contributed by atoms with Gasteiger partial charge >= 0.3 is 5.97 Å². The van der Waals surface area contributed by atoms with Crippen molar-refractivity contribution in [2.24, 2.45) is 0 Å². The van der Waals surface area contributed by atoms with Gasteiger partial charge in [0, 0.05) is 30.4 Å². The van der Waals surface area contributed by atoms with Crippen molar-refractivity contribution < 1.29 is 14.3 Å². The fraction of sp³-hybridized carbons (Fsp3) is 0.241. The van der Waals surface area contributed by atoms with Gasteiger partial charge in [0.15, 0.2) is 0 Å². The summed E-state index contributed by atoms with van der Waals surface area (Å²) in [6.07, 6.45) is 4.91. The highest BCUT2D eigenvalue weighted by atomic mass is 32.1. The van der Waals surface area contributed by atoms with Crippen LogP contribution in [0.3, 0.4) is 0 Å². The number of likely N-dealkylation sites (N-methyl/N-ethyl adjacent to an activating group) is 1. The van der Waals surface area contributed by atoms with Crippen LogP contribution in [-0.4, -0.2) is 50.8 Å². The lowest BCUT2D eigenvalue weighted by atomic mass is 10.1. The molecule has 0 aliphatic carbocycles. The van der Waals surface area contributed by atoms with Crippen molar-refractivity contribution in [2.45, 2.75) is 27.3 Å². The van der Waals surface area contributed by atoms with Gasteiger partial charge in [-0.2, -0.15) is 5.10 Å². The number of amides is 1. The molecule has 1 amide bonds. The van der Waals surface area contributed by atoms with Gasteiger partial charge in [-0.1, -0.05) is 48.5 Å². The van der Waals surface area contributed by atoms with Gasteiger partial charge in [-0.15, -0.1) is 11.3 Å². The maximum absolute atomic E-state index is 13.6. The maximum atomic E-state index is 13.6. The SMILES string of the molecule is CCOC(=O)C=c1sc(=Cc2cn(-c3ccccc3)nc2-c2ccccc2)c(=O)n1CC(=O)N(CC)CC. The Balaban J connectivity index is 1.89. The minimum Gasteiger partial charge on any atom is -0.463 e. The predicted molar refractivity (Wildman–Crippen MR) is 149 cm³/mol. The molecule has 0 atom stereocenters. The van der Waals surface area contributed by atoms with Crippen LogP contribution in [0.1, 0.15) is 26.3 Å². The number of esters is 1. The second-order valence-corrected chi connectivity index (χ2v) is 9.44. The molecule has 0 unspecified atom stereocenters. The highest BCUT2D eigenvalue weighted by Crippen LogP contribution is 2.24. The van der Waals surface area contributed by atoms with Gasteiger partial charge < -0.3 is 9.64 Å². The molecule has 0 bridgehead atoms. The first-order valence-corrected chi connectivity index (χ1v) is 13.3. The van der Waals surface area contributed by atoms with Crippen LogP contribution in [0.15, 0.2) is 71.7 Å². The summed E-state index contributed by atoms with van der Waals surface area (Å²) >= 11 is 1.14. The van der Waals surface area contributed by atoms with Crippen molar-refractivity contribution in [1.29, 1.82) is 0 Å². The molecule has 0 spiro atoms. The second-order valence-electron chi connectivity index (χ2n) is 8.38. The standard InChI is InChI=1S/C29H30N4O4S/c1-4-31(5-2)25(34)20-32-26(18-27(35)37-6-3)38-24(29(32)36)17-22-19-33(23-15-11-8-12-16-23)30-28(22)21-13-9-7-10-14-21/h7-19H,4-6,20H2,1-3H3. The van der Waals surface area contributed by atoms with E-state index in [2.05, 4.69) is 0 Å². The number of para-hydroxylation sites is 1. The van der Waals surface area contributed by atoms with Crippen molar-refractivity contribution in [3.63, 3.8) is 0 Å².